The maximum absolute atomic E-state index is 11.0. The Bertz CT molecular complexity index is 590. The molecule has 0 spiro atoms. The number of hydrogen-bond donors (Lipinski definition) is 2. The van der Waals surface area contributed by atoms with Gasteiger partial charge >= 0.3 is 0 Å². The maximum atomic E-state index is 11.0. The van der Waals surface area contributed by atoms with E-state index in [0.29, 0.717) is 0 Å². The molecule has 3 nitrogen and oxygen atoms in total. The number of amides is 1. The van der Waals surface area contributed by atoms with Crippen molar-refractivity contribution >= 4 is 17.3 Å². The van der Waals surface area contributed by atoms with Crippen molar-refractivity contribution in [3.8, 4) is 0 Å². The Morgan fingerprint density at radius 1 is 1.00 bits per heavy atom. The van der Waals surface area contributed by atoms with Crippen LogP contribution in [-0.2, 0) is 4.79 Å². The zero-order valence-electron chi connectivity index (χ0n) is 12.1. The van der Waals surface area contributed by atoms with Crippen LogP contribution in [0, 0.1) is 6.92 Å². The predicted molar refractivity (Wildman–Crippen MR) is 84.0 cm³/mol. The number of nitrogens with one attached hydrogen (secondary N) is 2. The first-order valence-electron chi connectivity index (χ1n) is 6.76. The lowest BCUT2D eigenvalue weighted by molar-refractivity contribution is -0.114. The molecule has 0 saturated heterocycles. The summed E-state index contributed by atoms with van der Waals surface area (Å²) in [6.45, 7) is 5.77. The smallest absolute Gasteiger partial charge is 0.221 e. The van der Waals surface area contributed by atoms with Crippen LogP contribution in [0.2, 0.25) is 0 Å². The molecule has 0 heterocycles. The summed E-state index contributed by atoms with van der Waals surface area (Å²) < 4.78 is 0. The first-order chi connectivity index (χ1) is 9.56. The number of carbonyl (C=O) groups is 1. The zero-order chi connectivity index (χ0) is 14.5. The average Bonchev–Trinajstić information content (AvgIpc) is 2.41. The summed E-state index contributed by atoms with van der Waals surface area (Å²) in [5, 5.41) is 6.23. The van der Waals surface area contributed by atoms with E-state index in [4.69, 9.17) is 0 Å². The Morgan fingerprint density at radius 3 is 2.20 bits per heavy atom. The van der Waals surface area contributed by atoms with Gasteiger partial charge in [-0.05, 0) is 49.2 Å². The second-order valence-corrected chi connectivity index (χ2v) is 4.98. The summed E-state index contributed by atoms with van der Waals surface area (Å²) >= 11 is 0. The van der Waals surface area contributed by atoms with Crippen LogP contribution in [0.15, 0.2) is 48.5 Å². The van der Waals surface area contributed by atoms with Gasteiger partial charge in [0.05, 0.1) is 0 Å². The fourth-order valence-corrected chi connectivity index (χ4v) is 2.25. The van der Waals surface area contributed by atoms with E-state index < -0.39 is 0 Å². The number of hydrogen-bond acceptors (Lipinski definition) is 2. The zero-order valence-corrected chi connectivity index (χ0v) is 12.1. The second-order valence-electron chi connectivity index (χ2n) is 4.98. The lowest BCUT2D eigenvalue weighted by atomic mass is 10.0. The van der Waals surface area contributed by atoms with Crippen LogP contribution in [0.3, 0.4) is 0 Å². The van der Waals surface area contributed by atoms with Crippen LogP contribution in [0.25, 0.3) is 0 Å². The van der Waals surface area contributed by atoms with Gasteiger partial charge in [-0.15, -0.1) is 0 Å². The van der Waals surface area contributed by atoms with Crippen LogP contribution in [0.4, 0.5) is 11.4 Å². The lowest BCUT2D eigenvalue weighted by Crippen LogP contribution is -2.08. The highest BCUT2D eigenvalue weighted by atomic mass is 16.1. The summed E-state index contributed by atoms with van der Waals surface area (Å²) in [4.78, 5) is 11.0. The topological polar surface area (TPSA) is 41.1 Å². The third-order valence-corrected chi connectivity index (χ3v) is 3.24. The van der Waals surface area contributed by atoms with Crippen molar-refractivity contribution in [3.05, 3.63) is 59.7 Å². The van der Waals surface area contributed by atoms with E-state index in [-0.39, 0.29) is 11.9 Å². The SMILES string of the molecule is CC(=O)Nc1ccc(NC(C)c2ccccc2C)cc1. The summed E-state index contributed by atoms with van der Waals surface area (Å²) in [5.41, 5.74) is 4.42. The molecule has 1 atom stereocenters. The van der Waals surface area contributed by atoms with Crippen molar-refractivity contribution in [2.45, 2.75) is 26.8 Å². The highest BCUT2D eigenvalue weighted by Crippen LogP contribution is 2.22. The Labute approximate surface area is 120 Å². The second kappa shape index (κ2) is 6.24. The van der Waals surface area contributed by atoms with E-state index in [1.54, 1.807) is 0 Å². The minimum absolute atomic E-state index is 0.0565. The molecule has 0 aliphatic rings. The molecule has 2 rings (SSSR count). The fraction of sp³-hybridized carbons (Fsp3) is 0.235. The largest absolute Gasteiger partial charge is 0.379 e. The molecule has 0 fully saturated rings. The van der Waals surface area contributed by atoms with Gasteiger partial charge in [-0.2, -0.15) is 0 Å². The molecule has 3 heteroatoms. The molecular weight excluding hydrogens is 248 g/mol. The molecule has 2 aromatic rings. The van der Waals surface area contributed by atoms with Crippen LogP contribution in [-0.4, -0.2) is 5.91 Å². The molecule has 2 aromatic carbocycles. The van der Waals surface area contributed by atoms with Crippen LogP contribution >= 0.6 is 0 Å². The number of benzene rings is 2. The molecular formula is C17H20N2O. The molecule has 1 amide bonds. The first-order valence-corrected chi connectivity index (χ1v) is 6.76. The van der Waals surface area contributed by atoms with Gasteiger partial charge in [0.15, 0.2) is 0 Å². The number of aryl methyl sites for hydroxylation is 1. The molecule has 20 heavy (non-hydrogen) atoms. The van der Waals surface area contributed by atoms with E-state index in [1.165, 1.54) is 18.1 Å². The molecule has 104 valence electrons. The van der Waals surface area contributed by atoms with E-state index in [2.05, 4.69) is 42.7 Å². The molecule has 0 aromatic heterocycles. The first kappa shape index (κ1) is 14.1. The van der Waals surface area contributed by atoms with E-state index >= 15 is 0 Å². The van der Waals surface area contributed by atoms with Gasteiger partial charge in [0.1, 0.15) is 0 Å². The number of anilines is 2. The van der Waals surface area contributed by atoms with Gasteiger partial charge in [-0.25, -0.2) is 0 Å². The van der Waals surface area contributed by atoms with Crippen molar-refractivity contribution in [2.75, 3.05) is 10.6 Å². The third kappa shape index (κ3) is 3.60. The fourth-order valence-electron chi connectivity index (χ4n) is 2.25. The quantitative estimate of drug-likeness (QED) is 0.875. The third-order valence-electron chi connectivity index (χ3n) is 3.24. The van der Waals surface area contributed by atoms with Crippen molar-refractivity contribution in [1.82, 2.24) is 0 Å². The van der Waals surface area contributed by atoms with Crippen molar-refractivity contribution in [3.63, 3.8) is 0 Å². The lowest BCUT2D eigenvalue weighted by Gasteiger charge is -2.18. The maximum Gasteiger partial charge on any atom is 0.221 e. The number of carbonyl (C=O) groups excluding carboxylic acids is 1. The summed E-state index contributed by atoms with van der Waals surface area (Å²) in [6.07, 6.45) is 0. The van der Waals surface area contributed by atoms with Gasteiger partial charge in [0, 0.05) is 24.3 Å². The standard InChI is InChI=1S/C17H20N2O/c1-12-6-4-5-7-17(12)13(2)18-15-8-10-16(11-9-15)19-14(3)20/h4-11,13,18H,1-3H3,(H,19,20). The average molecular weight is 268 g/mol. The summed E-state index contributed by atoms with van der Waals surface area (Å²) in [5.74, 6) is -0.0565. The van der Waals surface area contributed by atoms with Crippen molar-refractivity contribution in [2.24, 2.45) is 0 Å². The monoisotopic (exact) mass is 268 g/mol. The Morgan fingerprint density at radius 2 is 1.60 bits per heavy atom. The van der Waals surface area contributed by atoms with E-state index in [1.807, 2.05) is 30.3 Å². The van der Waals surface area contributed by atoms with Gasteiger partial charge in [-0.3, -0.25) is 4.79 Å². The van der Waals surface area contributed by atoms with Gasteiger partial charge in [-0.1, -0.05) is 24.3 Å². The summed E-state index contributed by atoms with van der Waals surface area (Å²) in [6, 6.07) is 16.3. The molecule has 0 radical (unpaired) electrons. The van der Waals surface area contributed by atoms with Crippen LogP contribution in [0.1, 0.15) is 31.0 Å². The molecule has 0 saturated carbocycles. The van der Waals surface area contributed by atoms with E-state index in [0.717, 1.165) is 11.4 Å². The predicted octanol–water partition coefficient (Wildman–Crippen LogP) is 4.13. The van der Waals surface area contributed by atoms with Gasteiger partial charge in [0.2, 0.25) is 5.91 Å². The van der Waals surface area contributed by atoms with Crippen molar-refractivity contribution in [1.29, 1.82) is 0 Å². The Hall–Kier alpha value is -2.29. The minimum Gasteiger partial charge on any atom is -0.379 e. The molecule has 1 unspecified atom stereocenters. The normalized spacial score (nSPS) is 11.8. The van der Waals surface area contributed by atoms with Crippen molar-refractivity contribution < 1.29 is 4.79 Å². The van der Waals surface area contributed by atoms with Gasteiger partial charge in [0.25, 0.3) is 0 Å². The highest BCUT2D eigenvalue weighted by molar-refractivity contribution is 5.88. The minimum atomic E-state index is -0.0565. The molecule has 2 N–H and O–H groups in total. The molecule has 0 aliphatic carbocycles. The molecule has 0 bridgehead atoms. The summed E-state index contributed by atoms with van der Waals surface area (Å²) in [7, 11) is 0. The van der Waals surface area contributed by atoms with E-state index in [9.17, 15) is 4.79 Å². The Balaban J connectivity index is 2.06. The van der Waals surface area contributed by atoms with Crippen LogP contribution in [0.5, 0.6) is 0 Å². The number of rotatable bonds is 4. The van der Waals surface area contributed by atoms with Gasteiger partial charge < -0.3 is 10.6 Å². The molecule has 0 aliphatic heterocycles. The Kier molecular flexibility index (Phi) is 4.41. The van der Waals surface area contributed by atoms with Crippen LogP contribution < -0.4 is 10.6 Å². The highest BCUT2D eigenvalue weighted by Gasteiger charge is 2.07.